The van der Waals surface area contributed by atoms with E-state index in [1.165, 1.54) is 24.3 Å². The maximum absolute atomic E-state index is 13.8. The Hall–Kier alpha value is -3.76. The van der Waals surface area contributed by atoms with Crippen LogP contribution in [0.4, 0.5) is 17.6 Å². The first-order valence-corrected chi connectivity index (χ1v) is 8.44. The van der Waals surface area contributed by atoms with Gasteiger partial charge in [-0.25, -0.2) is 4.39 Å². The van der Waals surface area contributed by atoms with Crippen LogP contribution in [0.5, 0.6) is 0 Å². The predicted molar refractivity (Wildman–Crippen MR) is 93.6 cm³/mol. The number of alkyl halides is 3. The van der Waals surface area contributed by atoms with Crippen LogP contribution in [0, 0.1) is 5.82 Å². The third-order valence-electron chi connectivity index (χ3n) is 4.06. The maximum Gasteiger partial charge on any atom is 0.416 e. The van der Waals surface area contributed by atoms with Crippen molar-refractivity contribution in [2.45, 2.75) is 18.6 Å². The molecule has 1 unspecified atom stereocenters. The van der Waals surface area contributed by atoms with Gasteiger partial charge in [-0.05, 0) is 23.8 Å². The SMILES string of the molecule is O=C(O)CC(NC(=O)c1noc(-c2ccccc2F)n1)c1ccccc1C(F)(F)F. The smallest absolute Gasteiger partial charge is 0.416 e. The first-order valence-electron chi connectivity index (χ1n) is 8.44. The molecule has 1 aromatic heterocycles. The molecule has 0 aliphatic heterocycles. The third kappa shape index (κ3) is 4.62. The van der Waals surface area contributed by atoms with E-state index in [0.29, 0.717) is 0 Å². The molecule has 0 bridgehead atoms. The van der Waals surface area contributed by atoms with E-state index in [4.69, 9.17) is 9.63 Å². The normalized spacial score (nSPS) is 12.4. The Balaban J connectivity index is 1.90. The highest BCUT2D eigenvalue weighted by Gasteiger charge is 2.36. The monoisotopic (exact) mass is 423 g/mol. The zero-order valence-corrected chi connectivity index (χ0v) is 15.0. The van der Waals surface area contributed by atoms with Crippen LogP contribution in [0.2, 0.25) is 0 Å². The van der Waals surface area contributed by atoms with Gasteiger partial charge < -0.3 is 14.9 Å². The van der Waals surface area contributed by atoms with Gasteiger partial charge in [-0.15, -0.1) is 0 Å². The highest BCUT2D eigenvalue weighted by Crippen LogP contribution is 2.35. The molecular formula is C19H13F4N3O4. The molecule has 1 heterocycles. The molecule has 1 atom stereocenters. The van der Waals surface area contributed by atoms with E-state index in [2.05, 4.69) is 15.5 Å². The lowest BCUT2D eigenvalue weighted by molar-refractivity contribution is -0.140. The van der Waals surface area contributed by atoms with Crippen LogP contribution in [0.25, 0.3) is 11.5 Å². The van der Waals surface area contributed by atoms with Crippen LogP contribution in [0.15, 0.2) is 53.1 Å². The number of nitrogens with one attached hydrogen (secondary N) is 1. The second-order valence-electron chi connectivity index (χ2n) is 6.11. The van der Waals surface area contributed by atoms with Gasteiger partial charge in [0, 0.05) is 0 Å². The number of carboxylic acids is 1. The van der Waals surface area contributed by atoms with Gasteiger partial charge in [0.15, 0.2) is 0 Å². The van der Waals surface area contributed by atoms with Crippen molar-refractivity contribution >= 4 is 11.9 Å². The van der Waals surface area contributed by atoms with Gasteiger partial charge in [-0.3, -0.25) is 9.59 Å². The van der Waals surface area contributed by atoms with Gasteiger partial charge in [-0.2, -0.15) is 18.2 Å². The van der Waals surface area contributed by atoms with Crippen LogP contribution in [0.3, 0.4) is 0 Å². The Morgan fingerprint density at radius 2 is 1.77 bits per heavy atom. The van der Waals surface area contributed by atoms with Crippen LogP contribution in [-0.4, -0.2) is 27.1 Å². The van der Waals surface area contributed by atoms with Gasteiger partial charge in [-0.1, -0.05) is 35.5 Å². The number of carboxylic acid groups (broad SMARTS) is 1. The summed E-state index contributed by atoms with van der Waals surface area (Å²) in [5.74, 6) is -4.10. The number of hydrogen-bond acceptors (Lipinski definition) is 5. The molecule has 0 fully saturated rings. The number of carbonyl (C=O) groups is 2. The third-order valence-corrected chi connectivity index (χ3v) is 4.06. The fourth-order valence-corrected chi connectivity index (χ4v) is 2.75. The second-order valence-corrected chi connectivity index (χ2v) is 6.11. The van der Waals surface area contributed by atoms with E-state index in [9.17, 15) is 27.2 Å². The Kier molecular flexibility index (Phi) is 5.81. The van der Waals surface area contributed by atoms with Crippen molar-refractivity contribution in [2.24, 2.45) is 0 Å². The fourth-order valence-electron chi connectivity index (χ4n) is 2.75. The standard InChI is InChI=1S/C19H13F4N3O4/c20-13-8-4-2-6-11(13)18-25-16(26-30-18)17(29)24-14(9-15(27)28)10-5-1-3-7-12(10)19(21,22)23/h1-8,14H,9H2,(H,24,29)(H,27,28). The van der Waals surface area contributed by atoms with E-state index in [1.807, 2.05) is 0 Å². The zero-order valence-electron chi connectivity index (χ0n) is 15.0. The van der Waals surface area contributed by atoms with Crippen molar-refractivity contribution in [3.8, 4) is 11.5 Å². The Morgan fingerprint density at radius 1 is 1.10 bits per heavy atom. The summed E-state index contributed by atoms with van der Waals surface area (Å²) in [5.41, 5.74) is -1.59. The molecular weight excluding hydrogens is 410 g/mol. The number of nitrogens with zero attached hydrogens (tertiary/aromatic N) is 2. The van der Waals surface area contributed by atoms with Crippen molar-refractivity contribution in [3.05, 3.63) is 71.3 Å². The number of amides is 1. The summed E-state index contributed by atoms with van der Waals surface area (Å²) in [6, 6.07) is 8.15. The number of aliphatic carboxylic acids is 1. The molecule has 0 saturated heterocycles. The molecule has 156 valence electrons. The topological polar surface area (TPSA) is 105 Å². The molecule has 0 aliphatic rings. The highest BCUT2D eigenvalue weighted by atomic mass is 19.4. The molecule has 2 aromatic carbocycles. The van der Waals surface area contributed by atoms with Crippen molar-refractivity contribution in [1.29, 1.82) is 0 Å². The van der Waals surface area contributed by atoms with Gasteiger partial charge in [0.2, 0.25) is 0 Å². The Bertz CT molecular complexity index is 1080. The van der Waals surface area contributed by atoms with Crippen molar-refractivity contribution in [1.82, 2.24) is 15.5 Å². The number of halogens is 4. The summed E-state index contributed by atoms with van der Waals surface area (Å²) in [4.78, 5) is 27.3. The summed E-state index contributed by atoms with van der Waals surface area (Å²) in [6.07, 6.45) is -5.58. The molecule has 0 aliphatic carbocycles. The van der Waals surface area contributed by atoms with Gasteiger partial charge in [0.05, 0.1) is 23.6 Å². The van der Waals surface area contributed by atoms with Crippen molar-refractivity contribution < 1.29 is 36.8 Å². The minimum absolute atomic E-state index is 0.0754. The van der Waals surface area contributed by atoms with Crippen LogP contribution in [0.1, 0.15) is 34.2 Å². The molecule has 0 radical (unpaired) electrons. The first-order chi connectivity index (χ1) is 14.2. The predicted octanol–water partition coefficient (Wildman–Crippen LogP) is 3.84. The van der Waals surface area contributed by atoms with Gasteiger partial charge in [0.25, 0.3) is 17.6 Å². The molecule has 11 heteroatoms. The first kappa shape index (κ1) is 21.0. The van der Waals surface area contributed by atoms with E-state index >= 15 is 0 Å². The average Bonchev–Trinajstić information content (AvgIpc) is 3.17. The number of carbonyl (C=O) groups excluding carboxylic acids is 1. The van der Waals surface area contributed by atoms with Gasteiger partial charge >= 0.3 is 12.1 Å². The highest BCUT2D eigenvalue weighted by molar-refractivity contribution is 5.91. The molecule has 0 saturated carbocycles. The lowest BCUT2D eigenvalue weighted by Gasteiger charge is -2.21. The van der Waals surface area contributed by atoms with E-state index < -0.39 is 53.3 Å². The van der Waals surface area contributed by atoms with Crippen molar-refractivity contribution in [2.75, 3.05) is 0 Å². The molecule has 1 amide bonds. The number of hydrogen-bond donors (Lipinski definition) is 2. The van der Waals surface area contributed by atoms with Crippen molar-refractivity contribution in [3.63, 3.8) is 0 Å². The second kappa shape index (κ2) is 8.31. The van der Waals surface area contributed by atoms with Crippen LogP contribution in [-0.2, 0) is 11.0 Å². The molecule has 2 N–H and O–H groups in total. The van der Waals surface area contributed by atoms with Gasteiger partial charge in [0.1, 0.15) is 5.82 Å². The summed E-state index contributed by atoms with van der Waals surface area (Å²) in [6.45, 7) is 0. The molecule has 30 heavy (non-hydrogen) atoms. The molecule has 7 nitrogen and oxygen atoms in total. The quantitative estimate of drug-likeness (QED) is 0.584. The lowest BCUT2D eigenvalue weighted by Crippen LogP contribution is -2.32. The minimum atomic E-state index is -4.76. The van der Waals surface area contributed by atoms with Crippen LogP contribution >= 0.6 is 0 Å². The summed E-state index contributed by atoms with van der Waals surface area (Å²) < 4.78 is 58.6. The number of benzene rings is 2. The summed E-state index contributed by atoms with van der Waals surface area (Å²) in [5, 5.41) is 14.7. The molecule has 0 spiro atoms. The maximum atomic E-state index is 13.8. The van der Waals surface area contributed by atoms with E-state index in [-0.39, 0.29) is 11.5 Å². The zero-order chi connectivity index (χ0) is 21.9. The Labute approximate surface area is 166 Å². The minimum Gasteiger partial charge on any atom is -0.481 e. The molecule has 3 rings (SSSR count). The summed E-state index contributed by atoms with van der Waals surface area (Å²) >= 11 is 0. The number of rotatable bonds is 6. The van der Waals surface area contributed by atoms with Crippen LogP contribution < -0.4 is 5.32 Å². The Morgan fingerprint density at radius 3 is 2.43 bits per heavy atom. The summed E-state index contributed by atoms with van der Waals surface area (Å²) in [7, 11) is 0. The van der Waals surface area contributed by atoms with E-state index in [1.54, 1.807) is 0 Å². The fraction of sp³-hybridized carbons (Fsp3) is 0.158. The molecule has 3 aromatic rings. The average molecular weight is 423 g/mol. The lowest BCUT2D eigenvalue weighted by atomic mass is 9.97. The van der Waals surface area contributed by atoms with E-state index in [0.717, 1.165) is 24.3 Å². The largest absolute Gasteiger partial charge is 0.481 e. The number of aromatic nitrogens is 2.